The normalized spacial score (nSPS) is 11.7. The van der Waals surface area contributed by atoms with Crippen molar-refractivity contribution < 1.29 is 18.7 Å². The van der Waals surface area contributed by atoms with Crippen LogP contribution in [0, 0.1) is 5.82 Å². The first kappa shape index (κ1) is 18.5. The fourth-order valence-corrected chi connectivity index (χ4v) is 2.46. The van der Waals surface area contributed by atoms with Gasteiger partial charge in [-0.25, -0.2) is 9.18 Å². The highest BCUT2D eigenvalue weighted by atomic mass is 35.5. The number of benzene rings is 2. The van der Waals surface area contributed by atoms with Gasteiger partial charge in [0.25, 0.3) is 5.91 Å². The Balaban J connectivity index is 2.04. The van der Waals surface area contributed by atoms with Crippen LogP contribution in [0.15, 0.2) is 36.4 Å². The number of hydrogen-bond acceptors (Lipinski definition) is 3. The molecule has 0 saturated carbocycles. The lowest BCUT2D eigenvalue weighted by Gasteiger charge is -2.14. The molecule has 0 spiro atoms. The minimum absolute atomic E-state index is 0.0302. The lowest BCUT2D eigenvalue weighted by Crippen LogP contribution is -2.30. The lowest BCUT2D eigenvalue weighted by atomic mass is 10.2. The number of nitrogens with one attached hydrogen (secondary N) is 1. The van der Waals surface area contributed by atoms with Gasteiger partial charge < -0.3 is 10.1 Å². The van der Waals surface area contributed by atoms with Crippen molar-refractivity contribution in [3.05, 3.63) is 62.8 Å². The topological polar surface area (TPSA) is 55.4 Å². The molecule has 0 heterocycles. The zero-order chi connectivity index (χ0) is 17.9. The number of hydrogen-bond donors (Lipinski definition) is 1. The molecule has 1 N–H and O–H groups in total. The fraction of sp³-hybridized carbons (Fsp3) is 0.125. The van der Waals surface area contributed by atoms with Crippen molar-refractivity contribution in [2.75, 3.05) is 5.32 Å². The summed E-state index contributed by atoms with van der Waals surface area (Å²) in [6, 6.07) is 7.78. The van der Waals surface area contributed by atoms with Gasteiger partial charge in [0.2, 0.25) is 0 Å². The maximum atomic E-state index is 13.0. The van der Waals surface area contributed by atoms with Crippen LogP contribution in [0.3, 0.4) is 0 Å². The number of ether oxygens (including phenoxy) is 1. The van der Waals surface area contributed by atoms with Crippen molar-refractivity contribution in [1.29, 1.82) is 0 Å². The average Bonchev–Trinajstić information content (AvgIpc) is 2.49. The van der Waals surface area contributed by atoms with Crippen LogP contribution < -0.4 is 5.32 Å². The molecule has 0 unspecified atom stereocenters. The third-order valence-corrected chi connectivity index (χ3v) is 3.85. The zero-order valence-electron chi connectivity index (χ0n) is 12.3. The third kappa shape index (κ3) is 4.60. The summed E-state index contributed by atoms with van der Waals surface area (Å²) >= 11 is 17.5. The zero-order valence-corrected chi connectivity index (χ0v) is 14.5. The van der Waals surface area contributed by atoms with Crippen LogP contribution in [-0.4, -0.2) is 18.0 Å². The van der Waals surface area contributed by atoms with E-state index in [9.17, 15) is 14.0 Å². The molecule has 0 fully saturated rings. The molecule has 0 bridgehead atoms. The van der Waals surface area contributed by atoms with E-state index >= 15 is 0 Å². The predicted octanol–water partition coefficient (Wildman–Crippen LogP) is 4.97. The van der Waals surface area contributed by atoms with Gasteiger partial charge in [-0.05, 0) is 43.3 Å². The number of anilines is 1. The van der Waals surface area contributed by atoms with E-state index < -0.39 is 23.8 Å². The molecule has 4 nitrogen and oxygen atoms in total. The Bertz CT molecular complexity index is 798. The van der Waals surface area contributed by atoms with E-state index in [4.69, 9.17) is 39.5 Å². The van der Waals surface area contributed by atoms with Gasteiger partial charge in [-0.1, -0.05) is 34.8 Å². The smallest absolute Gasteiger partial charge is 0.340 e. The number of esters is 1. The van der Waals surface area contributed by atoms with Gasteiger partial charge in [-0.2, -0.15) is 0 Å². The van der Waals surface area contributed by atoms with E-state index in [0.717, 1.165) is 12.1 Å². The minimum Gasteiger partial charge on any atom is -0.449 e. The maximum absolute atomic E-state index is 13.0. The van der Waals surface area contributed by atoms with E-state index in [2.05, 4.69) is 5.32 Å². The molecular weight excluding hydrogens is 380 g/mol. The van der Waals surface area contributed by atoms with Crippen LogP contribution in [0.5, 0.6) is 0 Å². The molecule has 0 saturated heterocycles. The number of halogens is 4. The molecule has 0 aliphatic carbocycles. The number of amides is 1. The summed E-state index contributed by atoms with van der Waals surface area (Å²) in [7, 11) is 0. The molecule has 2 aromatic rings. The first-order valence-corrected chi connectivity index (χ1v) is 7.83. The van der Waals surface area contributed by atoms with Gasteiger partial charge >= 0.3 is 5.97 Å². The van der Waals surface area contributed by atoms with Gasteiger partial charge in [0.1, 0.15) is 5.82 Å². The molecule has 2 rings (SSSR count). The Morgan fingerprint density at radius 1 is 1.08 bits per heavy atom. The molecule has 0 aromatic heterocycles. The molecule has 126 valence electrons. The third-order valence-electron chi connectivity index (χ3n) is 2.99. The molecule has 8 heteroatoms. The Hall–Kier alpha value is -1.82. The molecule has 0 aliphatic heterocycles. The van der Waals surface area contributed by atoms with Gasteiger partial charge in [-0.3, -0.25) is 4.79 Å². The Labute approximate surface area is 152 Å². The van der Waals surface area contributed by atoms with Gasteiger partial charge in [-0.15, -0.1) is 0 Å². The average molecular weight is 391 g/mol. The Morgan fingerprint density at radius 2 is 1.79 bits per heavy atom. The highest BCUT2D eigenvalue weighted by Crippen LogP contribution is 2.24. The second-order valence-electron chi connectivity index (χ2n) is 4.79. The quantitative estimate of drug-likeness (QED) is 0.750. The number of carbonyl (C=O) groups is 2. The summed E-state index contributed by atoms with van der Waals surface area (Å²) in [5.74, 6) is -1.93. The van der Waals surface area contributed by atoms with E-state index in [-0.39, 0.29) is 21.3 Å². The standard InChI is InChI=1S/C16H11Cl3FNO3/c1-8(15(22)21-14-5-3-10(20)7-13(14)19)24-16(23)11-4-2-9(17)6-12(11)18/h2-8H,1H3,(H,21,22)/t8-/m0/s1. The molecule has 24 heavy (non-hydrogen) atoms. The highest BCUT2D eigenvalue weighted by molar-refractivity contribution is 6.36. The number of carbonyl (C=O) groups excluding carboxylic acids is 2. The van der Waals surface area contributed by atoms with Crippen molar-refractivity contribution in [3.63, 3.8) is 0 Å². The van der Waals surface area contributed by atoms with Crippen LogP contribution in [0.1, 0.15) is 17.3 Å². The fourth-order valence-electron chi connectivity index (χ4n) is 1.76. The Morgan fingerprint density at radius 3 is 2.42 bits per heavy atom. The van der Waals surface area contributed by atoms with Gasteiger partial charge in [0.15, 0.2) is 6.10 Å². The monoisotopic (exact) mass is 389 g/mol. The lowest BCUT2D eigenvalue weighted by molar-refractivity contribution is -0.123. The summed E-state index contributed by atoms with van der Waals surface area (Å²) < 4.78 is 18.0. The molecular formula is C16H11Cl3FNO3. The SMILES string of the molecule is C[C@H](OC(=O)c1ccc(Cl)cc1Cl)C(=O)Nc1ccc(F)cc1Cl. The number of rotatable bonds is 4. The van der Waals surface area contributed by atoms with Crippen molar-refractivity contribution in [2.45, 2.75) is 13.0 Å². The first-order valence-electron chi connectivity index (χ1n) is 6.70. The molecule has 2 aromatic carbocycles. The second-order valence-corrected chi connectivity index (χ2v) is 6.04. The van der Waals surface area contributed by atoms with Crippen molar-refractivity contribution in [1.82, 2.24) is 0 Å². The summed E-state index contributed by atoms with van der Waals surface area (Å²) in [6.07, 6.45) is -1.12. The van der Waals surface area contributed by atoms with E-state index in [0.29, 0.717) is 5.02 Å². The van der Waals surface area contributed by atoms with Crippen molar-refractivity contribution in [2.24, 2.45) is 0 Å². The minimum atomic E-state index is -1.12. The largest absolute Gasteiger partial charge is 0.449 e. The van der Waals surface area contributed by atoms with E-state index in [1.165, 1.54) is 31.2 Å². The maximum Gasteiger partial charge on any atom is 0.340 e. The molecule has 1 amide bonds. The van der Waals surface area contributed by atoms with Crippen LogP contribution in [0.2, 0.25) is 15.1 Å². The van der Waals surface area contributed by atoms with Gasteiger partial charge in [0.05, 0.1) is 21.3 Å². The summed E-state index contributed by atoms with van der Waals surface area (Å²) in [4.78, 5) is 24.1. The van der Waals surface area contributed by atoms with Crippen molar-refractivity contribution >= 4 is 52.4 Å². The molecule has 0 aliphatic rings. The summed E-state index contributed by atoms with van der Waals surface area (Å²) in [6.45, 7) is 1.38. The van der Waals surface area contributed by atoms with E-state index in [1.807, 2.05) is 0 Å². The summed E-state index contributed by atoms with van der Waals surface area (Å²) in [5, 5.41) is 2.96. The van der Waals surface area contributed by atoms with Crippen LogP contribution in [0.25, 0.3) is 0 Å². The molecule has 1 atom stereocenters. The first-order chi connectivity index (χ1) is 11.3. The van der Waals surface area contributed by atoms with E-state index in [1.54, 1.807) is 0 Å². The highest BCUT2D eigenvalue weighted by Gasteiger charge is 2.21. The van der Waals surface area contributed by atoms with Crippen molar-refractivity contribution in [3.8, 4) is 0 Å². The summed E-state index contributed by atoms with van der Waals surface area (Å²) in [5.41, 5.74) is 0.288. The Kier molecular flexibility index (Phi) is 6.04. The second kappa shape index (κ2) is 7.83. The molecule has 0 radical (unpaired) electrons. The van der Waals surface area contributed by atoms with Crippen LogP contribution >= 0.6 is 34.8 Å². The van der Waals surface area contributed by atoms with Crippen LogP contribution in [-0.2, 0) is 9.53 Å². The predicted molar refractivity (Wildman–Crippen MR) is 91.4 cm³/mol. The van der Waals surface area contributed by atoms with Gasteiger partial charge in [0, 0.05) is 5.02 Å². The van der Waals surface area contributed by atoms with Crippen LogP contribution in [0.4, 0.5) is 10.1 Å².